The number of methoxy groups -OCH3 is 1. The van der Waals surface area contributed by atoms with Crippen molar-refractivity contribution in [3.63, 3.8) is 0 Å². The summed E-state index contributed by atoms with van der Waals surface area (Å²) < 4.78 is 18.8. The quantitative estimate of drug-likeness (QED) is 0.828. The molecular weight excluding hydrogens is 311 g/mol. The van der Waals surface area contributed by atoms with E-state index in [4.69, 9.17) is 4.74 Å². The molecule has 24 heavy (non-hydrogen) atoms. The van der Waals surface area contributed by atoms with Crippen molar-refractivity contribution in [1.29, 1.82) is 0 Å². The Hall–Kier alpha value is -1.66. The molecule has 2 rings (SSSR count). The van der Waals surface area contributed by atoms with Crippen LogP contribution in [0.1, 0.15) is 31.7 Å². The number of halogens is 1. The van der Waals surface area contributed by atoms with Gasteiger partial charge in [0.25, 0.3) is 0 Å². The molecule has 0 aliphatic carbocycles. The van der Waals surface area contributed by atoms with Crippen molar-refractivity contribution in [2.45, 2.75) is 38.8 Å². The molecule has 6 heteroatoms. The van der Waals surface area contributed by atoms with Crippen molar-refractivity contribution in [3.8, 4) is 0 Å². The number of carbonyl (C=O) groups excluding carboxylic acids is 1. The Bertz CT molecular complexity index is 553. The van der Waals surface area contributed by atoms with Gasteiger partial charge in [-0.3, -0.25) is 4.79 Å². The summed E-state index contributed by atoms with van der Waals surface area (Å²) in [5.74, 6) is -0.292. The fourth-order valence-corrected chi connectivity index (χ4v) is 3.07. The molecule has 1 amide bonds. The van der Waals surface area contributed by atoms with E-state index >= 15 is 0 Å². The van der Waals surface area contributed by atoms with Gasteiger partial charge < -0.3 is 19.6 Å². The second-order valence-electron chi connectivity index (χ2n) is 6.22. The number of anilines is 1. The summed E-state index contributed by atoms with van der Waals surface area (Å²) in [6.07, 6.45) is 1.53. The lowest BCUT2D eigenvalue weighted by Gasteiger charge is -2.34. The predicted octanol–water partition coefficient (Wildman–Crippen LogP) is 2.17. The third kappa shape index (κ3) is 4.92. The van der Waals surface area contributed by atoms with Gasteiger partial charge in [0.05, 0.1) is 12.7 Å². The summed E-state index contributed by atoms with van der Waals surface area (Å²) in [6, 6.07) is 4.65. The van der Waals surface area contributed by atoms with E-state index in [9.17, 15) is 14.3 Å². The second kappa shape index (κ2) is 8.99. The zero-order valence-corrected chi connectivity index (χ0v) is 14.5. The molecule has 0 spiro atoms. The van der Waals surface area contributed by atoms with Crippen LogP contribution in [0.15, 0.2) is 18.2 Å². The van der Waals surface area contributed by atoms with Gasteiger partial charge in [-0.1, -0.05) is 13.3 Å². The molecule has 1 aliphatic rings. The maximum absolute atomic E-state index is 13.7. The van der Waals surface area contributed by atoms with Crippen LogP contribution in [0.25, 0.3) is 0 Å². The van der Waals surface area contributed by atoms with Crippen molar-refractivity contribution in [2.24, 2.45) is 0 Å². The molecule has 0 aromatic heterocycles. The molecule has 1 atom stereocenters. The molecule has 0 saturated carbocycles. The van der Waals surface area contributed by atoms with Gasteiger partial charge in [0.1, 0.15) is 5.82 Å². The Labute approximate surface area is 143 Å². The average Bonchev–Trinajstić information content (AvgIpc) is 2.54. The number of amides is 1. The number of aliphatic hydroxyl groups excluding tert-OH is 1. The van der Waals surface area contributed by atoms with Crippen LogP contribution in [-0.2, 0) is 16.1 Å². The van der Waals surface area contributed by atoms with Crippen LogP contribution < -0.4 is 4.90 Å². The summed E-state index contributed by atoms with van der Waals surface area (Å²) in [6.45, 7) is 4.30. The number of nitrogens with zero attached hydrogens (tertiary/aromatic N) is 2. The summed E-state index contributed by atoms with van der Waals surface area (Å²) >= 11 is 0. The Balaban J connectivity index is 2.26. The van der Waals surface area contributed by atoms with Gasteiger partial charge >= 0.3 is 0 Å². The highest BCUT2D eigenvalue weighted by atomic mass is 19.1. The maximum atomic E-state index is 13.7. The van der Waals surface area contributed by atoms with E-state index in [1.165, 1.54) is 12.1 Å². The third-order valence-electron chi connectivity index (χ3n) is 4.31. The molecule has 1 aliphatic heterocycles. The van der Waals surface area contributed by atoms with Crippen LogP contribution in [0.3, 0.4) is 0 Å². The number of benzene rings is 1. The molecule has 134 valence electrons. The van der Waals surface area contributed by atoms with Gasteiger partial charge in [0, 0.05) is 45.4 Å². The van der Waals surface area contributed by atoms with Gasteiger partial charge in [-0.05, 0) is 30.2 Å². The SMILES string of the molecule is CCCC(O)CN1CCC(=O)N(CCOC)Cc2cc(F)ccc21. The van der Waals surface area contributed by atoms with Crippen LogP contribution >= 0.6 is 0 Å². The minimum Gasteiger partial charge on any atom is -0.391 e. The van der Waals surface area contributed by atoms with Crippen LogP contribution in [0.4, 0.5) is 10.1 Å². The van der Waals surface area contributed by atoms with Crippen molar-refractivity contribution in [3.05, 3.63) is 29.6 Å². The topological polar surface area (TPSA) is 53.0 Å². The first kappa shape index (κ1) is 18.7. The van der Waals surface area contributed by atoms with Gasteiger partial charge in [-0.2, -0.15) is 0 Å². The van der Waals surface area contributed by atoms with E-state index in [2.05, 4.69) is 0 Å². The molecule has 5 nitrogen and oxygen atoms in total. The van der Waals surface area contributed by atoms with E-state index in [0.717, 1.165) is 17.7 Å². The first-order valence-electron chi connectivity index (χ1n) is 8.53. The highest BCUT2D eigenvalue weighted by molar-refractivity contribution is 5.78. The monoisotopic (exact) mass is 338 g/mol. The van der Waals surface area contributed by atoms with Crippen molar-refractivity contribution in [1.82, 2.24) is 4.90 Å². The normalized spacial score (nSPS) is 16.6. The van der Waals surface area contributed by atoms with Gasteiger partial charge in [-0.15, -0.1) is 0 Å². The molecule has 0 radical (unpaired) electrons. The largest absolute Gasteiger partial charge is 0.391 e. The van der Waals surface area contributed by atoms with E-state index in [1.54, 1.807) is 18.1 Å². The summed E-state index contributed by atoms with van der Waals surface area (Å²) in [4.78, 5) is 16.1. The number of hydrogen-bond donors (Lipinski definition) is 1. The van der Waals surface area contributed by atoms with Crippen molar-refractivity contribution >= 4 is 11.6 Å². The second-order valence-corrected chi connectivity index (χ2v) is 6.22. The summed E-state index contributed by atoms with van der Waals surface area (Å²) in [5.41, 5.74) is 1.66. The molecule has 1 N–H and O–H groups in total. The molecular formula is C18H27FN2O3. The summed E-state index contributed by atoms with van der Waals surface area (Å²) in [5, 5.41) is 10.2. The number of hydrogen-bond acceptors (Lipinski definition) is 4. The number of rotatable bonds is 7. The van der Waals surface area contributed by atoms with Crippen molar-refractivity contribution in [2.75, 3.05) is 38.3 Å². The molecule has 1 heterocycles. The lowest BCUT2D eigenvalue weighted by atomic mass is 10.1. The number of aliphatic hydroxyl groups is 1. The van der Waals surface area contributed by atoms with Crippen LogP contribution in [0.2, 0.25) is 0 Å². The highest BCUT2D eigenvalue weighted by Crippen LogP contribution is 2.26. The van der Waals surface area contributed by atoms with E-state index in [0.29, 0.717) is 45.6 Å². The average molecular weight is 338 g/mol. The highest BCUT2D eigenvalue weighted by Gasteiger charge is 2.24. The number of fused-ring (bicyclic) bond motifs is 1. The molecule has 0 fully saturated rings. The molecule has 1 unspecified atom stereocenters. The zero-order valence-electron chi connectivity index (χ0n) is 14.5. The van der Waals surface area contributed by atoms with Gasteiger partial charge in [0.15, 0.2) is 0 Å². The predicted molar refractivity (Wildman–Crippen MR) is 91.4 cm³/mol. The van der Waals surface area contributed by atoms with Crippen LogP contribution in [0, 0.1) is 5.82 Å². The molecule has 0 saturated heterocycles. The van der Waals surface area contributed by atoms with Gasteiger partial charge in [0.2, 0.25) is 5.91 Å². The number of carbonyl (C=O) groups is 1. The third-order valence-corrected chi connectivity index (χ3v) is 4.31. The van der Waals surface area contributed by atoms with E-state index in [-0.39, 0.29) is 11.7 Å². The molecule has 1 aromatic rings. The minimum atomic E-state index is -0.452. The van der Waals surface area contributed by atoms with Crippen LogP contribution in [0.5, 0.6) is 0 Å². The molecule has 1 aromatic carbocycles. The van der Waals surface area contributed by atoms with Crippen molar-refractivity contribution < 1.29 is 19.0 Å². The van der Waals surface area contributed by atoms with Crippen LogP contribution in [-0.4, -0.2) is 55.4 Å². The Morgan fingerprint density at radius 2 is 2.17 bits per heavy atom. The fraction of sp³-hybridized carbons (Fsp3) is 0.611. The Kier molecular flexibility index (Phi) is 6.99. The number of ether oxygens (including phenoxy) is 1. The smallest absolute Gasteiger partial charge is 0.224 e. The standard InChI is InChI=1S/C18H27FN2O3/c1-3-4-16(22)13-20-8-7-18(23)21(9-10-24-2)12-14-11-15(19)5-6-17(14)20/h5-6,11,16,22H,3-4,7-10,12-13H2,1-2H3. The molecule has 0 bridgehead atoms. The maximum Gasteiger partial charge on any atom is 0.224 e. The minimum absolute atomic E-state index is 0.0249. The summed E-state index contributed by atoms with van der Waals surface area (Å²) in [7, 11) is 1.60. The van der Waals surface area contributed by atoms with E-state index < -0.39 is 6.10 Å². The van der Waals surface area contributed by atoms with E-state index in [1.807, 2.05) is 11.8 Å². The lowest BCUT2D eigenvalue weighted by molar-refractivity contribution is -0.132. The zero-order chi connectivity index (χ0) is 17.5. The fourth-order valence-electron chi connectivity index (χ4n) is 3.07. The number of β-amino-alcohol motifs (C(OH)–C–C–N with tert-alkyl or cyclic N) is 1. The Morgan fingerprint density at radius 3 is 2.88 bits per heavy atom. The first-order chi connectivity index (χ1) is 11.5. The first-order valence-corrected chi connectivity index (χ1v) is 8.53. The van der Waals surface area contributed by atoms with Gasteiger partial charge in [-0.25, -0.2) is 4.39 Å². The Morgan fingerprint density at radius 1 is 1.38 bits per heavy atom. The lowest BCUT2D eigenvalue weighted by Crippen LogP contribution is -2.41.